The van der Waals surface area contributed by atoms with Gasteiger partial charge in [-0.05, 0) is 19.9 Å². The molecule has 7 heteroatoms. The Balaban J connectivity index is 2.19. The predicted molar refractivity (Wildman–Crippen MR) is 76.0 cm³/mol. The summed E-state index contributed by atoms with van der Waals surface area (Å²) >= 11 is 0. The van der Waals surface area contributed by atoms with Gasteiger partial charge in [-0.15, -0.1) is 6.58 Å². The first kappa shape index (κ1) is 14.0. The predicted octanol–water partition coefficient (Wildman–Crippen LogP) is 1.83. The molecule has 0 aliphatic carbocycles. The molecule has 0 saturated carbocycles. The Bertz CT molecular complexity index is 566. The lowest BCUT2D eigenvalue weighted by Gasteiger charge is -2.08. The Kier molecular flexibility index (Phi) is 4.65. The molecule has 1 N–H and O–H groups in total. The van der Waals surface area contributed by atoms with Crippen LogP contribution in [0.4, 0.5) is 5.95 Å². The van der Waals surface area contributed by atoms with Gasteiger partial charge >= 0.3 is 6.01 Å². The fourth-order valence-electron chi connectivity index (χ4n) is 1.45. The van der Waals surface area contributed by atoms with Crippen LogP contribution in [0.15, 0.2) is 30.6 Å². The molecule has 2 rings (SSSR count). The first-order chi connectivity index (χ1) is 9.69. The molecule has 0 aliphatic rings. The zero-order valence-corrected chi connectivity index (χ0v) is 11.7. The maximum Gasteiger partial charge on any atom is 0.323 e. The number of ether oxygens (including phenoxy) is 1. The van der Waals surface area contributed by atoms with Crippen LogP contribution < -0.4 is 10.1 Å². The minimum absolute atomic E-state index is 0.280. The Morgan fingerprint density at radius 3 is 2.90 bits per heavy atom. The molecular formula is C13H18N6O. The molecule has 0 aliphatic heterocycles. The lowest BCUT2D eigenvalue weighted by Crippen LogP contribution is -2.11. The number of nitrogens with zero attached hydrogens (tertiary/aromatic N) is 5. The average Bonchev–Trinajstić information content (AvgIpc) is 2.92. The summed E-state index contributed by atoms with van der Waals surface area (Å²) in [5.74, 6) is 0.893. The third kappa shape index (κ3) is 3.78. The van der Waals surface area contributed by atoms with Gasteiger partial charge in [0.1, 0.15) is 0 Å². The summed E-state index contributed by atoms with van der Waals surface area (Å²) < 4.78 is 7.10. The van der Waals surface area contributed by atoms with Crippen LogP contribution in [0.1, 0.15) is 20.3 Å². The third-order valence-corrected chi connectivity index (χ3v) is 2.41. The number of aromatic nitrogens is 5. The minimum atomic E-state index is 0.280. The van der Waals surface area contributed by atoms with Gasteiger partial charge in [0.25, 0.3) is 5.95 Å². The van der Waals surface area contributed by atoms with Gasteiger partial charge in [0.2, 0.25) is 5.95 Å². The monoisotopic (exact) mass is 274 g/mol. The van der Waals surface area contributed by atoms with Gasteiger partial charge in [0.05, 0.1) is 6.61 Å². The number of nitrogens with one attached hydrogen (secondary N) is 1. The topological polar surface area (TPSA) is 77.8 Å². The van der Waals surface area contributed by atoms with Crippen LogP contribution in [-0.4, -0.2) is 37.9 Å². The smallest absolute Gasteiger partial charge is 0.323 e. The van der Waals surface area contributed by atoms with Gasteiger partial charge in [0, 0.05) is 25.4 Å². The summed E-state index contributed by atoms with van der Waals surface area (Å²) in [6.07, 6.45) is 4.19. The van der Waals surface area contributed by atoms with Gasteiger partial charge in [-0.25, -0.2) is 4.68 Å². The maximum absolute atomic E-state index is 5.54. The molecule has 2 aromatic rings. The van der Waals surface area contributed by atoms with E-state index in [2.05, 4.69) is 31.9 Å². The lowest BCUT2D eigenvalue weighted by atomic mass is 10.3. The van der Waals surface area contributed by atoms with Crippen molar-refractivity contribution in [3.05, 3.63) is 30.6 Å². The molecular weight excluding hydrogens is 256 g/mol. The normalized spacial score (nSPS) is 10.3. The van der Waals surface area contributed by atoms with E-state index in [1.807, 2.05) is 13.8 Å². The van der Waals surface area contributed by atoms with Crippen LogP contribution in [-0.2, 0) is 0 Å². The molecule has 0 aromatic carbocycles. The fraction of sp³-hybridized carbons (Fsp3) is 0.385. The molecule has 0 amide bonds. The van der Waals surface area contributed by atoms with E-state index in [0.717, 1.165) is 12.0 Å². The third-order valence-electron chi connectivity index (χ3n) is 2.41. The lowest BCUT2D eigenvalue weighted by molar-refractivity contribution is 0.295. The molecule has 2 heterocycles. The fourth-order valence-corrected chi connectivity index (χ4v) is 1.45. The number of rotatable bonds is 7. The molecule has 20 heavy (non-hydrogen) atoms. The van der Waals surface area contributed by atoms with Crippen LogP contribution in [0.25, 0.3) is 5.95 Å². The molecule has 106 valence electrons. The van der Waals surface area contributed by atoms with E-state index in [9.17, 15) is 0 Å². The molecule has 0 atom stereocenters. The Morgan fingerprint density at radius 1 is 1.40 bits per heavy atom. The van der Waals surface area contributed by atoms with Gasteiger partial charge in [0.15, 0.2) is 0 Å². The van der Waals surface area contributed by atoms with E-state index in [1.54, 1.807) is 23.1 Å². The van der Waals surface area contributed by atoms with E-state index in [-0.39, 0.29) is 6.01 Å². The zero-order valence-electron chi connectivity index (χ0n) is 11.7. The van der Waals surface area contributed by atoms with Crippen molar-refractivity contribution in [1.29, 1.82) is 0 Å². The molecule has 0 unspecified atom stereocenters. The molecule has 7 nitrogen and oxygen atoms in total. The van der Waals surface area contributed by atoms with Gasteiger partial charge < -0.3 is 10.1 Å². The number of hydrogen-bond acceptors (Lipinski definition) is 6. The SMILES string of the molecule is C=C(C)CCOc1nc(NCC)nc(-n2cccn2)n1. The van der Waals surface area contributed by atoms with Crippen LogP contribution >= 0.6 is 0 Å². The molecule has 2 aromatic heterocycles. The summed E-state index contributed by atoms with van der Waals surface area (Å²) in [5, 5.41) is 7.15. The zero-order chi connectivity index (χ0) is 14.4. The van der Waals surface area contributed by atoms with E-state index in [1.165, 1.54) is 0 Å². The molecule has 0 bridgehead atoms. The Hall–Kier alpha value is -2.44. The summed E-state index contributed by atoms with van der Waals surface area (Å²) in [5.41, 5.74) is 1.05. The summed E-state index contributed by atoms with van der Waals surface area (Å²) in [6, 6.07) is 2.08. The molecule has 0 spiro atoms. The number of hydrogen-bond donors (Lipinski definition) is 1. The minimum Gasteiger partial charge on any atom is -0.463 e. The summed E-state index contributed by atoms with van der Waals surface area (Å²) in [6.45, 7) is 8.96. The van der Waals surface area contributed by atoms with E-state index in [0.29, 0.717) is 25.0 Å². The largest absolute Gasteiger partial charge is 0.463 e. The second-order valence-corrected chi connectivity index (χ2v) is 4.28. The highest BCUT2D eigenvalue weighted by Crippen LogP contribution is 2.11. The van der Waals surface area contributed by atoms with E-state index < -0.39 is 0 Å². The molecule has 0 radical (unpaired) electrons. The standard InChI is InChI=1S/C13H18N6O/c1-4-14-11-16-12(19-8-5-7-15-19)18-13(17-11)20-9-6-10(2)3/h5,7-8H,2,4,6,9H2,1,3H3,(H,14,16,17,18). The number of anilines is 1. The summed E-state index contributed by atoms with van der Waals surface area (Å²) in [4.78, 5) is 12.7. The quantitative estimate of drug-likeness (QED) is 0.776. The van der Waals surface area contributed by atoms with Crippen molar-refractivity contribution in [3.8, 4) is 12.0 Å². The van der Waals surface area contributed by atoms with E-state index >= 15 is 0 Å². The Morgan fingerprint density at radius 2 is 2.25 bits per heavy atom. The van der Waals surface area contributed by atoms with Crippen LogP contribution in [0.2, 0.25) is 0 Å². The van der Waals surface area contributed by atoms with Crippen LogP contribution in [0.3, 0.4) is 0 Å². The first-order valence-electron chi connectivity index (χ1n) is 6.46. The molecule has 0 fully saturated rings. The van der Waals surface area contributed by atoms with E-state index in [4.69, 9.17) is 4.74 Å². The maximum atomic E-state index is 5.54. The van der Waals surface area contributed by atoms with Crippen LogP contribution in [0, 0.1) is 0 Å². The van der Waals surface area contributed by atoms with Gasteiger partial charge in [-0.2, -0.15) is 20.1 Å². The van der Waals surface area contributed by atoms with Crippen LogP contribution in [0.5, 0.6) is 6.01 Å². The highest BCUT2D eigenvalue weighted by Gasteiger charge is 2.09. The first-order valence-corrected chi connectivity index (χ1v) is 6.46. The van der Waals surface area contributed by atoms with Crippen molar-refractivity contribution in [2.45, 2.75) is 20.3 Å². The highest BCUT2D eigenvalue weighted by molar-refractivity contribution is 5.29. The average molecular weight is 274 g/mol. The van der Waals surface area contributed by atoms with Gasteiger partial charge in [-0.3, -0.25) is 0 Å². The van der Waals surface area contributed by atoms with Crippen molar-refractivity contribution < 1.29 is 4.74 Å². The van der Waals surface area contributed by atoms with Crippen molar-refractivity contribution in [1.82, 2.24) is 24.7 Å². The summed E-state index contributed by atoms with van der Waals surface area (Å²) in [7, 11) is 0. The van der Waals surface area contributed by atoms with Crippen molar-refractivity contribution in [3.63, 3.8) is 0 Å². The van der Waals surface area contributed by atoms with Crippen molar-refractivity contribution in [2.75, 3.05) is 18.5 Å². The molecule has 0 saturated heterocycles. The Labute approximate surface area is 117 Å². The second-order valence-electron chi connectivity index (χ2n) is 4.28. The van der Waals surface area contributed by atoms with Crippen molar-refractivity contribution in [2.24, 2.45) is 0 Å². The van der Waals surface area contributed by atoms with Gasteiger partial charge in [-0.1, -0.05) is 5.57 Å². The second kappa shape index (κ2) is 6.65. The van der Waals surface area contributed by atoms with Crippen molar-refractivity contribution >= 4 is 5.95 Å². The highest BCUT2D eigenvalue weighted by atomic mass is 16.5.